The molecule has 0 unspecified atom stereocenters. The number of hydrogen-bond donors (Lipinski definition) is 1. The van der Waals surface area contributed by atoms with E-state index in [-0.39, 0.29) is 5.69 Å². The summed E-state index contributed by atoms with van der Waals surface area (Å²) in [6.07, 6.45) is 0. The van der Waals surface area contributed by atoms with Crippen molar-refractivity contribution >= 4 is 44.3 Å². The number of non-ortho nitro benzene ring substituents is 1. The van der Waals surface area contributed by atoms with Gasteiger partial charge in [-0.05, 0) is 36.2 Å². The zero-order valence-corrected chi connectivity index (χ0v) is 11.8. The number of rotatable bonds is 4. The predicted octanol–water partition coefficient (Wildman–Crippen LogP) is 4.32. The number of para-hydroxylation sites is 1. The fourth-order valence-electron chi connectivity index (χ4n) is 1.65. The molecule has 0 saturated heterocycles. The van der Waals surface area contributed by atoms with Gasteiger partial charge in [0.05, 0.1) is 15.1 Å². The minimum absolute atomic E-state index is 0.0920. The van der Waals surface area contributed by atoms with E-state index in [1.165, 1.54) is 24.1 Å². The topological polar surface area (TPSA) is 68.1 Å². The molecule has 100 valence electrons. The fourth-order valence-corrected chi connectivity index (χ4v) is 3.19. The number of nitrogens with one attached hydrogen (secondary N) is 1. The third kappa shape index (κ3) is 2.73. The molecule has 0 amide bonds. The van der Waals surface area contributed by atoms with Crippen LogP contribution in [0.15, 0.2) is 53.4 Å². The maximum atomic E-state index is 10.6. The smallest absolute Gasteiger partial charge is 0.269 e. The first-order chi connectivity index (χ1) is 9.72. The number of thiazole rings is 1. The molecular formula is C13H9N3O2S2. The largest absolute Gasteiger partial charge is 0.301 e. The van der Waals surface area contributed by atoms with Crippen LogP contribution in [0, 0.1) is 10.1 Å². The summed E-state index contributed by atoms with van der Waals surface area (Å²) in [7, 11) is 0. The third-order valence-corrected chi connectivity index (χ3v) is 4.48. The van der Waals surface area contributed by atoms with Gasteiger partial charge in [0.25, 0.3) is 5.69 Å². The lowest BCUT2D eigenvalue weighted by Crippen LogP contribution is -1.88. The van der Waals surface area contributed by atoms with Crippen LogP contribution in [0.4, 0.5) is 10.8 Å². The van der Waals surface area contributed by atoms with Gasteiger partial charge in [-0.15, -0.1) is 0 Å². The van der Waals surface area contributed by atoms with Crippen molar-refractivity contribution in [1.82, 2.24) is 4.98 Å². The van der Waals surface area contributed by atoms with Crippen LogP contribution in [-0.2, 0) is 0 Å². The zero-order valence-electron chi connectivity index (χ0n) is 10.1. The average Bonchev–Trinajstić information content (AvgIpc) is 2.88. The van der Waals surface area contributed by atoms with Gasteiger partial charge in [-0.25, -0.2) is 4.98 Å². The van der Waals surface area contributed by atoms with Crippen molar-refractivity contribution < 1.29 is 4.92 Å². The molecule has 20 heavy (non-hydrogen) atoms. The van der Waals surface area contributed by atoms with Crippen LogP contribution in [0.3, 0.4) is 0 Å². The lowest BCUT2D eigenvalue weighted by Gasteiger charge is -2.00. The standard InChI is InChI=1S/C13H9N3O2S2/c17-16(18)9-5-7-10(8-6-9)20-15-13-14-11-3-1-2-4-12(11)19-13/h1-8H,(H,14,15). The Bertz CT molecular complexity index is 723. The van der Waals surface area contributed by atoms with Crippen LogP contribution in [-0.4, -0.2) is 9.91 Å². The van der Waals surface area contributed by atoms with Crippen molar-refractivity contribution in [2.45, 2.75) is 4.90 Å². The lowest BCUT2D eigenvalue weighted by molar-refractivity contribution is -0.384. The summed E-state index contributed by atoms with van der Waals surface area (Å²) in [6.45, 7) is 0. The molecule has 3 rings (SSSR count). The Hall–Kier alpha value is -2.12. The summed E-state index contributed by atoms with van der Waals surface area (Å²) in [6, 6.07) is 14.3. The quantitative estimate of drug-likeness (QED) is 0.441. The molecule has 3 aromatic rings. The maximum Gasteiger partial charge on any atom is 0.269 e. The molecular weight excluding hydrogens is 294 g/mol. The molecule has 0 fully saturated rings. The van der Waals surface area contributed by atoms with Gasteiger partial charge in [-0.2, -0.15) is 0 Å². The first-order valence-corrected chi connectivity index (χ1v) is 7.38. The molecule has 5 nitrogen and oxygen atoms in total. The number of nitro groups is 1. The second-order valence-corrected chi connectivity index (χ2v) is 5.85. The molecule has 1 heterocycles. The Morgan fingerprint density at radius 2 is 1.90 bits per heavy atom. The van der Waals surface area contributed by atoms with Gasteiger partial charge in [0.1, 0.15) is 0 Å². The first kappa shape index (κ1) is 12.9. The van der Waals surface area contributed by atoms with Gasteiger partial charge in [-0.1, -0.05) is 23.5 Å². The van der Waals surface area contributed by atoms with Crippen molar-refractivity contribution in [3.63, 3.8) is 0 Å². The summed E-state index contributed by atoms with van der Waals surface area (Å²) < 4.78 is 4.28. The molecule has 0 radical (unpaired) electrons. The van der Waals surface area contributed by atoms with E-state index in [1.54, 1.807) is 23.5 Å². The maximum absolute atomic E-state index is 10.6. The van der Waals surface area contributed by atoms with Gasteiger partial charge in [0, 0.05) is 17.0 Å². The highest BCUT2D eigenvalue weighted by Gasteiger charge is 2.06. The molecule has 0 spiro atoms. The predicted molar refractivity (Wildman–Crippen MR) is 82.2 cm³/mol. The normalized spacial score (nSPS) is 10.6. The van der Waals surface area contributed by atoms with E-state index in [2.05, 4.69) is 9.71 Å². The number of nitrogens with zero attached hydrogens (tertiary/aromatic N) is 2. The molecule has 1 aromatic heterocycles. The van der Waals surface area contributed by atoms with Gasteiger partial charge in [-0.3, -0.25) is 10.1 Å². The van der Waals surface area contributed by atoms with Crippen molar-refractivity contribution in [1.29, 1.82) is 0 Å². The van der Waals surface area contributed by atoms with Gasteiger partial charge < -0.3 is 4.72 Å². The van der Waals surface area contributed by atoms with Crippen LogP contribution in [0.25, 0.3) is 10.2 Å². The van der Waals surface area contributed by atoms with Crippen molar-refractivity contribution in [2.75, 3.05) is 4.72 Å². The molecule has 7 heteroatoms. The Kier molecular flexibility index (Phi) is 3.53. The molecule has 0 aliphatic carbocycles. The van der Waals surface area contributed by atoms with Gasteiger partial charge >= 0.3 is 0 Å². The van der Waals surface area contributed by atoms with Crippen LogP contribution >= 0.6 is 23.3 Å². The first-order valence-electron chi connectivity index (χ1n) is 5.75. The van der Waals surface area contributed by atoms with E-state index in [1.807, 2.05) is 24.3 Å². The SMILES string of the molecule is O=[N+]([O-])c1ccc(SNc2nc3ccccc3s2)cc1. The summed E-state index contributed by atoms with van der Waals surface area (Å²) in [4.78, 5) is 15.5. The van der Waals surface area contributed by atoms with Crippen molar-refractivity contribution in [2.24, 2.45) is 0 Å². The Morgan fingerprint density at radius 3 is 2.60 bits per heavy atom. The summed E-state index contributed by atoms with van der Waals surface area (Å²) in [5.74, 6) is 0. The minimum atomic E-state index is -0.407. The molecule has 0 aliphatic rings. The highest BCUT2D eigenvalue weighted by Crippen LogP contribution is 2.29. The van der Waals surface area contributed by atoms with Crippen LogP contribution in [0.1, 0.15) is 0 Å². The number of aromatic nitrogens is 1. The monoisotopic (exact) mass is 303 g/mol. The van der Waals surface area contributed by atoms with Crippen LogP contribution < -0.4 is 4.72 Å². The van der Waals surface area contributed by atoms with Crippen LogP contribution in [0.2, 0.25) is 0 Å². The van der Waals surface area contributed by atoms with E-state index >= 15 is 0 Å². The highest BCUT2D eigenvalue weighted by molar-refractivity contribution is 8.00. The molecule has 0 saturated carbocycles. The Labute approximate surface area is 122 Å². The molecule has 0 atom stereocenters. The molecule has 0 bridgehead atoms. The van der Waals surface area contributed by atoms with Crippen molar-refractivity contribution in [3.05, 3.63) is 58.6 Å². The minimum Gasteiger partial charge on any atom is -0.301 e. The number of anilines is 1. The lowest BCUT2D eigenvalue weighted by atomic mass is 10.3. The Balaban J connectivity index is 1.71. The molecule has 0 aliphatic heterocycles. The second kappa shape index (κ2) is 5.48. The van der Waals surface area contributed by atoms with E-state index in [0.29, 0.717) is 0 Å². The van der Waals surface area contributed by atoms with E-state index in [9.17, 15) is 10.1 Å². The van der Waals surface area contributed by atoms with E-state index in [4.69, 9.17) is 0 Å². The number of benzene rings is 2. The number of fused-ring (bicyclic) bond motifs is 1. The number of hydrogen-bond acceptors (Lipinski definition) is 6. The second-order valence-electron chi connectivity index (χ2n) is 3.94. The number of nitro benzene ring substituents is 1. The third-order valence-electron chi connectivity index (χ3n) is 2.60. The van der Waals surface area contributed by atoms with Gasteiger partial charge in [0.15, 0.2) is 5.13 Å². The zero-order chi connectivity index (χ0) is 13.9. The molecule has 1 N–H and O–H groups in total. The average molecular weight is 303 g/mol. The summed E-state index contributed by atoms with van der Waals surface area (Å²) in [5.41, 5.74) is 1.05. The van der Waals surface area contributed by atoms with E-state index in [0.717, 1.165) is 20.2 Å². The van der Waals surface area contributed by atoms with E-state index < -0.39 is 4.92 Å². The van der Waals surface area contributed by atoms with Gasteiger partial charge in [0.2, 0.25) is 0 Å². The summed E-state index contributed by atoms with van der Waals surface area (Å²) >= 11 is 2.96. The highest BCUT2D eigenvalue weighted by atomic mass is 32.2. The van der Waals surface area contributed by atoms with Crippen molar-refractivity contribution in [3.8, 4) is 0 Å². The Morgan fingerprint density at radius 1 is 1.15 bits per heavy atom. The fraction of sp³-hybridized carbons (Fsp3) is 0. The summed E-state index contributed by atoms with van der Waals surface area (Å²) in [5, 5.41) is 11.4. The van der Waals surface area contributed by atoms with Crippen LogP contribution in [0.5, 0.6) is 0 Å². The molecule has 2 aromatic carbocycles.